The number of nitrogens with one attached hydrogen (secondary N) is 1. The fourth-order valence-electron chi connectivity index (χ4n) is 2.55. The molecular formula is C14H21ClN2. The van der Waals surface area contributed by atoms with Gasteiger partial charge in [0.15, 0.2) is 0 Å². The molecule has 1 saturated carbocycles. The molecule has 0 aromatic carbocycles. The molecule has 0 spiro atoms. The highest BCUT2D eigenvalue weighted by Gasteiger charge is 2.19. The Hall–Kier alpha value is -0.600. The number of pyridine rings is 1. The first-order valence-corrected chi connectivity index (χ1v) is 6.93. The van der Waals surface area contributed by atoms with Gasteiger partial charge >= 0.3 is 0 Å². The van der Waals surface area contributed by atoms with Gasteiger partial charge in [-0.2, -0.15) is 0 Å². The number of hydrogen-bond acceptors (Lipinski definition) is 2. The molecule has 1 aromatic rings. The van der Waals surface area contributed by atoms with E-state index in [1.165, 1.54) is 36.8 Å². The third-order valence-corrected chi connectivity index (χ3v) is 3.81. The van der Waals surface area contributed by atoms with Gasteiger partial charge in [-0.05, 0) is 49.8 Å². The Bertz CT molecular complexity index is 354. The molecule has 0 aliphatic heterocycles. The van der Waals surface area contributed by atoms with Crippen LogP contribution in [0.15, 0.2) is 18.5 Å². The molecule has 0 amide bonds. The van der Waals surface area contributed by atoms with E-state index < -0.39 is 0 Å². The number of rotatable bonds is 4. The molecule has 17 heavy (non-hydrogen) atoms. The molecular weight excluding hydrogens is 232 g/mol. The van der Waals surface area contributed by atoms with Gasteiger partial charge in [0, 0.05) is 24.3 Å². The number of aromatic nitrogens is 1. The van der Waals surface area contributed by atoms with Gasteiger partial charge in [0.1, 0.15) is 0 Å². The third-order valence-electron chi connectivity index (χ3n) is 3.41. The standard InChI is InChI=1S/C14H21ClN2/c1-11-5-13(9-16-7-11)10-17-8-12-3-2-4-14(15)6-12/h5,7,9,12,14,17H,2-4,6,8,10H2,1H3. The van der Waals surface area contributed by atoms with E-state index in [1.807, 2.05) is 12.4 Å². The summed E-state index contributed by atoms with van der Waals surface area (Å²) in [5.74, 6) is 0.754. The predicted octanol–water partition coefficient (Wildman–Crippen LogP) is 3.28. The fraction of sp³-hybridized carbons (Fsp3) is 0.643. The van der Waals surface area contributed by atoms with Crippen LogP contribution < -0.4 is 5.32 Å². The van der Waals surface area contributed by atoms with E-state index >= 15 is 0 Å². The van der Waals surface area contributed by atoms with Crippen LogP contribution in [-0.2, 0) is 6.54 Å². The second-order valence-electron chi connectivity index (χ2n) is 5.13. The first-order chi connectivity index (χ1) is 8.24. The average Bonchev–Trinajstić information content (AvgIpc) is 2.29. The van der Waals surface area contributed by atoms with Crippen molar-refractivity contribution in [3.63, 3.8) is 0 Å². The second kappa shape index (κ2) is 6.36. The van der Waals surface area contributed by atoms with Gasteiger partial charge in [-0.25, -0.2) is 0 Å². The van der Waals surface area contributed by atoms with Crippen LogP contribution in [-0.4, -0.2) is 16.9 Å². The maximum atomic E-state index is 6.19. The van der Waals surface area contributed by atoms with Crippen molar-refractivity contribution in [2.24, 2.45) is 5.92 Å². The van der Waals surface area contributed by atoms with Crippen LogP contribution in [0.25, 0.3) is 0 Å². The van der Waals surface area contributed by atoms with Gasteiger partial charge in [-0.15, -0.1) is 11.6 Å². The van der Waals surface area contributed by atoms with Crippen LogP contribution in [0.5, 0.6) is 0 Å². The first kappa shape index (κ1) is 12.8. The molecule has 1 N–H and O–H groups in total. The van der Waals surface area contributed by atoms with Gasteiger partial charge in [0.2, 0.25) is 0 Å². The molecule has 2 atom stereocenters. The van der Waals surface area contributed by atoms with Gasteiger partial charge in [-0.1, -0.05) is 12.5 Å². The van der Waals surface area contributed by atoms with Crippen molar-refractivity contribution in [1.29, 1.82) is 0 Å². The topological polar surface area (TPSA) is 24.9 Å². The lowest BCUT2D eigenvalue weighted by atomic mass is 9.89. The molecule has 94 valence electrons. The van der Waals surface area contributed by atoms with Crippen LogP contribution in [0.4, 0.5) is 0 Å². The van der Waals surface area contributed by atoms with Crippen molar-refractivity contribution < 1.29 is 0 Å². The SMILES string of the molecule is Cc1cncc(CNCC2CCCC(Cl)C2)c1. The molecule has 3 heteroatoms. The van der Waals surface area contributed by atoms with E-state index in [1.54, 1.807) is 0 Å². The highest BCUT2D eigenvalue weighted by atomic mass is 35.5. The molecule has 2 rings (SSSR count). The monoisotopic (exact) mass is 252 g/mol. The minimum atomic E-state index is 0.399. The summed E-state index contributed by atoms with van der Waals surface area (Å²) in [5, 5.41) is 3.92. The van der Waals surface area contributed by atoms with Crippen LogP contribution in [0.3, 0.4) is 0 Å². The van der Waals surface area contributed by atoms with Crippen LogP contribution >= 0.6 is 11.6 Å². The lowest BCUT2D eigenvalue weighted by Crippen LogP contribution is -2.27. The average molecular weight is 253 g/mol. The zero-order valence-corrected chi connectivity index (χ0v) is 11.2. The molecule has 1 aromatic heterocycles. The van der Waals surface area contributed by atoms with E-state index in [4.69, 9.17) is 11.6 Å². The predicted molar refractivity (Wildman–Crippen MR) is 72.3 cm³/mol. The number of halogens is 1. The quantitative estimate of drug-likeness (QED) is 0.832. The molecule has 0 radical (unpaired) electrons. The minimum absolute atomic E-state index is 0.399. The Morgan fingerprint density at radius 3 is 3.06 bits per heavy atom. The summed E-state index contributed by atoms with van der Waals surface area (Å²) in [6.07, 6.45) is 8.79. The zero-order valence-electron chi connectivity index (χ0n) is 10.5. The number of nitrogens with zero attached hydrogens (tertiary/aromatic N) is 1. The van der Waals surface area contributed by atoms with E-state index in [0.717, 1.165) is 19.0 Å². The molecule has 1 heterocycles. The van der Waals surface area contributed by atoms with Crippen molar-refractivity contribution in [3.05, 3.63) is 29.6 Å². The van der Waals surface area contributed by atoms with Crippen LogP contribution in [0, 0.1) is 12.8 Å². The fourth-order valence-corrected chi connectivity index (χ4v) is 2.95. The Morgan fingerprint density at radius 2 is 2.29 bits per heavy atom. The Morgan fingerprint density at radius 1 is 1.41 bits per heavy atom. The van der Waals surface area contributed by atoms with Crippen molar-refractivity contribution in [3.8, 4) is 0 Å². The highest BCUT2D eigenvalue weighted by Crippen LogP contribution is 2.27. The van der Waals surface area contributed by atoms with Gasteiger partial charge in [-0.3, -0.25) is 4.98 Å². The maximum Gasteiger partial charge on any atom is 0.0339 e. The van der Waals surface area contributed by atoms with Crippen molar-refractivity contribution >= 4 is 11.6 Å². The summed E-state index contributed by atoms with van der Waals surface area (Å²) in [7, 11) is 0. The van der Waals surface area contributed by atoms with Gasteiger partial charge in [0.25, 0.3) is 0 Å². The first-order valence-electron chi connectivity index (χ1n) is 6.49. The molecule has 1 aliphatic carbocycles. The molecule has 0 saturated heterocycles. The van der Waals surface area contributed by atoms with E-state index in [-0.39, 0.29) is 0 Å². The normalized spacial score (nSPS) is 24.8. The zero-order chi connectivity index (χ0) is 12.1. The smallest absolute Gasteiger partial charge is 0.0339 e. The van der Waals surface area contributed by atoms with E-state index in [2.05, 4.69) is 23.3 Å². The third kappa shape index (κ3) is 4.29. The molecule has 0 bridgehead atoms. The number of alkyl halides is 1. The van der Waals surface area contributed by atoms with Crippen LogP contribution in [0.1, 0.15) is 36.8 Å². The van der Waals surface area contributed by atoms with Crippen molar-refractivity contribution in [1.82, 2.24) is 10.3 Å². The van der Waals surface area contributed by atoms with Crippen LogP contribution in [0.2, 0.25) is 0 Å². The Labute approximate surface area is 109 Å². The summed E-state index contributed by atoms with van der Waals surface area (Å²) < 4.78 is 0. The number of hydrogen-bond donors (Lipinski definition) is 1. The largest absolute Gasteiger partial charge is 0.312 e. The Balaban J connectivity index is 1.72. The summed E-state index contributed by atoms with van der Waals surface area (Å²) in [4.78, 5) is 4.20. The lowest BCUT2D eigenvalue weighted by Gasteiger charge is -2.25. The summed E-state index contributed by atoms with van der Waals surface area (Å²) in [6, 6.07) is 2.19. The summed E-state index contributed by atoms with van der Waals surface area (Å²) >= 11 is 6.19. The minimum Gasteiger partial charge on any atom is -0.312 e. The molecule has 2 nitrogen and oxygen atoms in total. The highest BCUT2D eigenvalue weighted by molar-refractivity contribution is 6.20. The van der Waals surface area contributed by atoms with Gasteiger partial charge < -0.3 is 5.32 Å². The molecule has 2 unspecified atom stereocenters. The summed E-state index contributed by atoms with van der Waals surface area (Å²) in [6.45, 7) is 4.07. The Kier molecular flexibility index (Phi) is 4.81. The second-order valence-corrected chi connectivity index (χ2v) is 5.75. The molecule has 1 fully saturated rings. The van der Waals surface area contributed by atoms with Crippen molar-refractivity contribution in [2.45, 2.75) is 44.5 Å². The lowest BCUT2D eigenvalue weighted by molar-refractivity contribution is 0.346. The van der Waals surface area contributed by atoms with E-state index in [0.29, 0.717) is 5.38 Å². The van der Waals surface area contributed by atoms with E-state index in [9.17, 15) is 0 Å². The maximum absolute atomic E-state index is 6.19. The van der Waals surface area contributed by atoms with Crippen molar-refractivity contribution in [2.75, 3.05) is 6.54 Å². The number of aryl methyl sites for hydroxylation is 1. The van der Waals surface area contributed by atoms with Gasteiger partial charge in [0.05, 0.1) is 0 Å². The summed E-state index contributed by atoms with van der Waals surface area (Å²) in [5.41, 5.74) is 2.49. The molecule has 1 aliphatic rings.